The van der Waals surface area contributed by atoms with E-state index in [9.17, 15) is 0 Å². The average molecular weight is 226 g/mol. The van der Waals surface area contributed by atoms with Gasteiger partial charge in [0, 0.05) is 25.7 Å². The fourth-order valence-electron chi connectivity index (χ4n) is 2.76. The van der Waals surface area contributed by atoms with Crippen molar-refractivity contribution in [1.82, 2.24) is 10.2 Å². The number of hydrogen-bond acceptors (Lipinski definition) is 2. The zero-order chi connectivity index (χ0) is 11.8. The van der Waals surface area contributed by atoms with Crippen molar-refractivity contribution in [2.45, 2.75) is 58.9 Å². The Kier molecular flexibility index (Phi) is 7.06. The fraction of sp³-hybridized carbons (Fsp3) is 1.00. The molecule has 2 atom stereocenters. The molecule has 0 aromatic heterocycles. The fourth-order valence-corrected chi connectivity index (χ4v) is 2.76. The zero-order valence-electron chi connectivity index (χ0n) is 11.5. The summed E-state index contributed by atoms with van der Waals surface area (Å²) in [5.41, 5.74) is 0. The largest absolute Gasteiger partial charge is 0.313 e. The van der Waals surface area contributed by atoms with Gasteiger partial charge in [-0.3, -0.25) is 0 Å². The van der Waals surface area contributed by atoms with Gasteiger partial charge in [-0.1, -0.05) is 26.7 Å². The minimum atomic E-state index is 0.694. The quantitative estimate of drug-likeness (QED) is 0.684. The first kappa shape index (κ1) is 14.0. The van der Waals surface area contributed by atoms with E-state index in [4.69, 9.17) is 0 Å². The molecule has 0 spiro atoms. The Morgan fingerprint density at radius 2 is 2.12 bits per heavy atom. The first-order valence-corrected chi connectivity index (χ1v) is 7.22. The summed E-state index contributed by atoms with van der Waals surface area (Å²) in [7, 11) is 0. The minimum absolute atomic E-state index is 0.694. The van der Waals surface area contributed by atoms with Gasteiger partial charge in [-0.2, -0.15) is 0 Å². The molecule has 96 valence electrons. The van der Waals surface area contributed by atoms with E-state index in [0.29, 0.717) is 6.04 Å². The standard InChI is InChI=1S/C14H30N2/c1-4-6-13(3)15-9-11-16-10-8-14(12-16)7-5-2/h13-15H,4-12H2,1-3H3. The smallest absolute Gasteiger partial charge is 0.0107 e. The Bertz CT molecular complexity index is 170. The average Bonchev–Trinajstić information content (AvgIpc) is 2.67. The highest BCUT2D eigenvalue weighted by Crippen LogP contribution is 2.20. The lowest BCUT2D eigenvalue weighted by Gasteiger charge is -2.18. The van der Waals surface area contributed by atoms with Crippen LogP contribution < -0.4 is 5.32 Å². The molecule has 1 aliphatic heterocycles. The molecule has 1 fully saturated rings. The van der Waals surface area contributed by atoms with Crippen molar-refractivity contribution in [1.29, 1.82) is 0 Å². The molecule has 0 saturated carbocycles. The number of likely N-dealkylation sites (tertiary alicyclic amines) is 1. The summed E-state index contributed by atoms with van der Waals surface area (Å²) in [5.74, 6) is 0.984. The van der Waals surface area contributed by atoms with Gasteiger partial charge < -0.3 is 10.2 Å². The lowest BCUT2D eigenvalue weighted by molar-refractivity contribution is 0.311. The lowest BCUT2D eigenvalue weighted by Crippen LogP contribution is -2.35. The highest BCUT2D eigenvalue weighted by atomic mass is 15.2. The monoisotopic (exact) mass is 226 g/mol. The molecule has 0 radical (unpaired) electrons. The van der Waals surface area contributed by atoms with Crippen LogP contribution in [0.5, 0.6) is 0 Å². The maximum atomic E-state index is 3.62. The van der Waals surface area contributed by atoms with E-state index in [0.717, 1.165) is 5.92 Å². The van der Waals surface area contributed by atoms with Crippen molar-refractivity contribution < 1.29 is 0 Å². The third-order valence-corrected chi connectivity index (χ3v) is 3.71. The number of rotatable bonds is 8. The van der Waals surface area contributed by atoms with Gasteiger partial charge in [0.15, 0.2) is 0 Å². The summed E-state index contributed by atoms with van der Waals surface area (Å²) in [6, 6.07) is 0.694. The summed E-state index contributed by atoms with van der Waals surface area (Å²) in [4.78, 5) is 2.63. The summed E-state index contributed by atoms with van der Waals surface area (Å²) in [5, 5.41) is 3.62. The van der Waals surface area contributed by atoms with Crippen LogP contribution in [0.3, 0.4) is 0 Å². The third kappa shape index (κ3) is 5.31. The van der Waals surface area contributed by atoms with E-state index in [-0.39, 0.29) is 0 Å². The molecule has 2 heteroatoms. The molecule has 0 aliphatic carbocycles. The molecule has 1 rings (SSSR count). The van der Waals surface area contributed by atoms with Gasteiger partial charge in [-0.25, -0.2) is 0 Å². The van der Waals surface area contributed by atoms with E-state index in [1.165, 1.54) is 58.3 Å². The number of hydrogen-bond donors (Lipinski definition) is 1. The summed E-state index contributed by atoms with van der Waals surface area (Å²) in [6.07, 6.45) is 6.80. The Hall–Kier alpha value is -0.0800. The Morgan fingerprint density at radius 3 is 2.81 bits per heavy atom. The van der Waals surface area contributed by atoms with Crippen molar-refractivity contribution in [2.75, 3.05) is 26.2 Å². The minimum Gasteiger partial charge on any atom is -0.313 e. The number of nitrogens with zero attached hydrogens (tertiary/aromatic N) is 1. The summed E-state index contributed by atoms with van der Waals surface area (Å²) >= 11 is 0. The normalized spacial score (nSPS) is 23.8. The molecule has 16 heavy (non-hydrogen) atoms. The van der Waals surface area contributed by atoms with E-state index in [1.807, 2.05) is 0 Å². The van der Waals surface area contributed by atoms with Crippen LogP contribution in [0.2, 0.25) is 0 Å². The Labute approximate surface area is 102 Å². The maximum absolute atomic E-state index is 3.62. The summed E-state index contributed by atoms with van der Waals surface area (Å²) < 4.78 is 0. The third-order valence-electron chi connectivity index (χ3n) is 3.71. The van der Waals surface area contributed by atoms with Gasteiger partial charge in [0.05, 0.1) is 0 Å². The molecule has 2 nitrogen and oxygen atoms in total. The van der Waals surface area contributed by atoms with E-state index >= 15 is 0 Å². The van der Waals surface area contributed by atoms with Crippen LogP contribution in [0.25, 0.3) is 0 Å². The molecule has 2 unspecified atom stereocenters. The van der Waals surface area contributed by atoms with Gasteiger partial charge in [0.25, 0.3) is 0 Å². The molecule has 1 N–H and O–H groups in total. The van der Waals surface area contributed by atoms with Crippen LogP contribution in [-0.2, 0) is 0 Å². The second-order valence-electron chi connectivity index (χ2n) is 5.39. The van der Waals surface area contributed by atoms with Crippen LogP contribution in [0.4, 0.5) is 0 Å². The molecule has 1 heterocycles. The second kappa shape index (κ2) is 8.08. The van der Waals surface area contributed by atoms with Crippen molar-refractivity contribution in [3.8, 4) is 0 Å². The second-order valence-corrected chi connectivity index (χ2v) is 5.39. The molecule has 1 saturated heterocycles. The van der Waals surface area contributed by atoms with E-state index in [1.54, 1.807) is 0 Å². The van der Waals surface area contributed by atoms with Crippen molar-refractivity contribution >= 4 is 0 Å². The molecular formula is C14H30N2. The van der Waals surface area contributed by atoms with Crippen LogP contribution in [-0.4, -0.2) is 37.1 Å². The van der Waals surface area contributed by atoms with Crippen LogP contribution in [0, 0.1) is 5.92 Å². The Morgan fingerprint density at radius 1 is 1.31 bits per heavy atom. The SMILES string of the molecule is CCCC1CCN(CCNC(C)CCC)C1. The molecule has 0 amide bonds. The van der Waals surface area contributed by atoms with Crippen molar-refractivity contribution in [2.24, 2.45) is 5.92 Å². The predicted octanol–water partition coefficient (Wildman–Crippen LogP) is 2.89. The van der Waals surface area contributed by atoms with Gasteiger partial charge >= 0.3 is 0 Å². The van der Waals surface area contributed by atoms with Crippen LogP contribution in [0.15, 0.2) is 0 Å². The van der Waals surface area contributed by atoms with Gasteiger partial charge in [-0.05, 0) is 38.6 Å². The molecule has 0 aromatic rings. The van der Waals surface area contributed by atoms with E-state index in [2.05, 4.69) is 31.0 Å². The topological polar surface area (TPSA) is 15.3 Å². The van der Waals surface area contributed by atoms with Gasteiger partial charge in [0.1, 0.15) is 0 Å². The first-order valence-electron chi connectivity index (χ1n) is 7.22. The number of nitrogens with one attached hydrogen (secondary N) is 1. The lowest BCUT2D eigenvalue weighted by atomic mass is 10.0. The maximum Gasteiger partial charge on any atom is 0.0107 e. The summed E-state index contributed by atoms with van der Waals surface area (Å²) in [6.45, 7) is 11.9. The zero-order valence-corrected chi connectivity index (χ0v) is 11.5. The van der Waals surface area contributed by atoms with Gasteiger partial charge in [0.2, 0.25) is 0 Å². The molecule has 0 bridgehead atoms. The molecular weight excluding hydrogens is 196 g/mol. The van der Waals surface area contributed by atoms with Crippen LogP contribution in [0.1, 0.15) is 52.9 Å². The van der Waals surface area contributed by atoms with E-state index < -0.39 is 0 Å². The molecule has 0 aromatic carbocycles. The first-order chi connectivity index (χ1) is 7.76. The molecule has 1 aliphatic rings. The highest BCUT2D eigenvalue weighted by Gasteiger charge is 2.20. The van der Waals surface area contributed by atoms with Gasteiger partial charge in [-0.15, -0.1) is 0 Å². The predicted molar refractivity (Wildman–Crippen MR) is 71.8 cm³/mol. The van der Waals surface area contributed by atoms with Crippen molar-refractivity contribution in [3.63, 3.8) is 0 Å². The highest BCUT2D eigenvalue weighted by molar-refractivity contribution is 4.76. The van der Waals surface area contributed by atoms with Crippen LogP contribution >= 0.6 is 0 Å². The van der Waals surface area contributed by atoms with Crippen molar-refractivity contribution in [3.05, 3.63) is 0 Å². The Balaban J connectivity index is 2.02.